The number of nitrogens with zero attached hydrogens (tertiary/aromatic N) is 4. The average molecular weight is 486 g/mol. The van der Waals surface area contributed by atoms with E-state index < -0.39 is 17.8 Å². The molecule has 7 nitrogen and oxygen atoms in total. The van der Waals surface area contributed by atoms with Gasteiger partial charge in [-0.1, -0.05) is 17.7 Å². The van der Waals surface area contributed by atoms with Gasteiger partial charge in [-0.2, -0.15) is 23.4 Å². The van der Waals surface area contributed by atoms with Crippen molar-refractivity contribution in [1.29, 1.82) is 0 Å². The summed E-state index contributed by atoms with van der Waals surface area (Å²) in [4.78, 5) is 12.2. The van der Waals surface area contributed by atoms with Crippen LogP contribution in [0.4, 0.5) is 18.9 Å². The molecule has 160 valence electrons. The Kier molecular flexibility index (Phi) is 6.20. The number of aryl methyl sites for hydroxylation is 2. The summed E-state index contributed by atoms with van der Waals surface area (Å²) in [5.41, 5.74) is 1.66. The van der Waals surface area contributed by atoms with Gasteiger partial charge in [0.2, 0.25) is 5.91 Å². The Balaban J connectivity index is 1.60. The summed E-state index contributed by atoms with van der Waals surface area (Å²) in [7, 11) is 0. The molecule has 0 unspecified atom stereocenters. The van der Waals surface area contributed by atoms with Gasteiger partial charge in [-0.25, -0.2) is 4.68 Å². The maximum Gasteiger partial charge on any atom is 0.436 e. The van der Waals surface area contributed by atoms with Crippen LogP contribution in [0, 0.1) is 20.8 Å². The van der Waals surface area contributed by atoms with E-state index in [9.17, 15) is 18.0 Å². The Morgan fingerprint density at radius 1 is 1.27 bits per heavy atom. The molecule has 11 heteroatoms. The first-order chi connectivity index (χ1) is 14.0. The predicted octanol–water partition coefficient (Wildman–Crippen LogP) is 4.46. The number of hydrogen-bond donors (Lipinski definition) is 1. The lowest BCUT2D eigenvalue weighted by molar-refractivity contribution is -0.142. The van der Waals surface area contributed by atoms with Crippen LogP contribution >= 0.6 is 15.9 Å². The van der Waals surface area contributed by atoms with Crippen LogP contribution in [0.3, 0.4) is 0 Å². The Morgan fingerprint density at radius 3 is 2.63 bits per heavy atom. The SMILES string of the molecule is Cc1ccc(OCn2cc(NC(=O)Cn3nc(C(F)(F)F)c(Br)c3C)cn2)c(C)c1. The van der Waals surface area contributed by atoms with Crippen LogP contribution < -0.4 is 10.1 Å². The molecular formula is C19H19BrF3N5O2. The molecule has 0 radical (unpaired) electrons. The van der Waals surface area contributed by atoms with Crippen molar-refractivity contribution in [2.45, 2.75) is 40.2 Å². The van der Waals surface area contributed by atoms with Crippen molar-refractivity contribution in [3.05, 3.63) is 57.6 Å². The third-order valence-corrected chi connectivity index (χ3v) is 5.24. The normalized spacial score (nSPS) is 11.6. The van der Waals surface area contributed by atoms with Gasteiger partial charge in [-0.05, 0) is 48.3 Å². The lowest BCUT2D eigenvalue weighted by Crippen LogP contribution is -2.20. The molecule has 1 N–H and O–H groups in total. The molecule has 0 fully saturated rings. The number of anilines is 1. The lowest BCUT2D eigenvalue weighted by atomic mass is 10.1. The topological polar surface area (TPSA) is 74.0 Å². The highest BCUT2D eigenvalue weighted by Crippen LogP contribution is 2.35. The highest BCUT2D eigenvalue weighted by molar-refractivity contribution is 9.10. The first-order valence-corrected chi connectivity index (χ1v) is 9.66. The summed E-state index contributed by atoms with van der Waals surface area (Å²) in [5, 5.41) is 10.2. The largest absolute Gasteiger partial charge is 0.471 e. The van der Waals surface area contributed by atoms with E-state index in [1.54, 1.807) is 6.20 Å². The van der Waals surface area contributed by atoms with E-state index in [0.717, 1.165) is 21.6 Å². The maximum atomic E-state index is 12.9. The van der Waals surface area contributed by atoms with E-state index in [-0.39, 0.29) is 23.4 Å². The fourth-order valence-electron chi connectivity index (χ4n) is 2.79. The van der Waals surface area contributed by atoms with Gasteiger partial charge in [0.05, 0.1) is 28.2 Å². The third-order valence-electron chi connectivity index (χ3n) is 4.30. The number of aromatic nitrogens is 4. The number of rotatable bonds is 6. The number of alkyl halides is 3. The van der Waals surface area contributed by atoms with Gasteiger partial charge in [0, 0.05) is 0 Å². The summed E-state index contributed by atoms with van der Waals surface area (Å²) in [5.74, 6) is 0.193. The second-order valence-electron chi connectivity index (χ2n) is 6.76. The summed E-state index contributed by atoms with van der Waals surface area (Å²) >= 11 is 2.88. The minimum atomic E-state index is -4.61. The minimum absolute atomic E-state index is 0.139. The smallest absolute Gasteiger partial charge is 0.436 e. The first kappa shape index (κ1) is 21.9. The summed E-state index contributed by atoms with van der Waals surface area (Å²) in [6.45, 7) is 5.15. The van der Waals surface area contributed by atoms with E-state index in [1.165, 1.54) is 17.8 Å². The Labute approximate surface area is 179 Å². The van der Waals surface area contributed by atoms with Crippen molar-refractivity contribution in [2.75, 3.05) is 5.32 Å². The number of benzene rings is 1. The molecule has 30 heavy (non-hydrogen) atoms. The number of carbonyl (C=O) groups is 1. The van der Waals surface area contributed by atoms with Crippen molar-refractivity contribution >= 4 is 27.5 Å². The quantitative estimate of drug-likeness (QED) is 0.559. The Bertz CT molecular complexity index is 1070. The van der Waals surface area contributed by atoms with Crippen LogP contribution in [0.2, 0.25) is 0 Å². The third kappa shape index (κ3) is 5.02. The molecule has 0 saturated heterocycles. The van der Waals surface area contributed by atoms with Crippen molar-refractivity contribution in [3.8, 4) is 5.75 Å². The van der Waals surface area contributed by atoms with Crippen molar-refractivity contribution in [1.82, 2.24) is 19.6 Å². The Hall–Kier alpha value is -2.82. The number of carbonyl (C=O) groups excluding carboxylic acids is 1. The zero-order chi connectivity index (χ0) is 22.1. The van der Waals surface area contributed by atoms with Gasteiger partial charge < -0.3 is 10.1 Å². The number of halogens is 4. The van der Waals surface area contributed by atoms with E-state index in [1.807, 2.05) is 32.0 Å². The first-order valence-electron chi connectivity index (χ1n) is 8.87. The van der Waals surface area contributed by atoms with Gasteiger partial charge in [-0.3, -0.25) is 9.48 Å². The van der Waals surface area contributed by atoms with Crippen molar-refractivity contribution in [3.63, 3.8) is 0 Å². The van der Waals surface area contributed by atoms with Crippen LogP contribution in [0.15, 0.2) is 35.1 Å². The van der Waals surface area contributed by atoms with E-state index >= 15 is 0 Å². The number of amides is 1. The molecule has 1 amide bonds. The van der Waals surface area contributed by atoms with Crippen LogP contribution in [-0.2, 0) is 24.2 Å². The van der Waals surface area contributed by atoms with E-state index in [0.29, 0.717) is 5.69 Å². The van der Waals surface area contributed by atoms with E-state index in [4.69, 9.17) is 4.74 Å². The highest BCUT2D eigenvalue weighted by atomic mass is 79.9. The van der Waals surface area contributed by atoms with Crippen LogP contribution in [0.25, 0.3) is 0 Å². The highest BCUT2D eigenvalue weighted by Gasteiger charge is 2.38. The molecule has 2 aromatic heterocycles. The summed E-state index contributed by atoms with van der Waals surface area (Å²) in [6.07, 6.45) is -1.62. The monoisotopic (exact) mass is 485 g/mol. The fraction of sp³-hybridized carbons (Fsp3) is 0.316. The molecule has 0 atom stereocenters. The second-order valence-corrected chi connectivity index (χ2v) is 7.56. The molecular weight excluding hydrogens is 467 g/mol. The molecule has 0 aliphatic rings. The van der Waals surface area contributed by atoms with Crippen molar-refractivity contribution in [2.24, 2.45) is 0 Å². The molecule has 0 bridgehead atoms. The zero-order valence-corrected chi connectivity index (χ0v) is 18.0. The van der Waals surface area contributed by atoms with Gasteiger partial charge in [0.1, 0.15) is 12.3 Å². The molecule has 0 saturated carbocycles. The second kappa shape index (κ2) is 8.50. The standard InChI is InChI=1S/C19H19BrF3N5O2/c1-11-4-5-15(12(2)6-11)30-10-27-8-14(7-24-27)25-16(29)9-28-13(3)17(20)18(26-28)19(21,22)23/h4-8H,9-10H2,1-3H3,(H,25,29). The molecule has 0 spiro atoms. The number of hydrogen-bond acceptors (Lipinski definition) is 4. The lowest BCUT2D eigenvalue weighted by Gasteiger charge is -2.09. The van der Waals surface area contributed by atoms with Crippen LogP contribution in [0.1, 0.15) is 22.5 Å². The van der Waals surface area contributed by atoms with Gasteiger partial charge in [0.15, 0.2) is 12.4 Å². The molecule has 2 heterocycles. The molecule has 3 rings (SSSR count). The fourth-order valence-corrected chi connectivity index (χ4v) is 3.30. The van der Waals surface area contributed by atoms with E-state index in [2.05, 4.69) is 31.4 Å². The van der Waals surface area contributed by atoms with Crippen molar-refractivity contribution < 1.29 is 22.7 Å². The van der Waals surface area contributed by atoms with Gasteiger partial charge in [-0.15, -0.1) is 0 Å². The van der Waals surface area contributed by atoms with Gasteiger partial charge in [0.25, 0.3) is 0 Å². The predicted molar refractivity (Wildman–Crippen MR) is 107 cm³/mol. The van der Waals surface area contributed by atoms with Crippen LogP contribution in [0.5, 0.6) is 5.75 Å². The zero-order valence-electron chi connectivity index (χ0n) is 16.4. The number of ether oxygens (including phenoxy) is 1. The maximum absolute atomic E-state index is 12.9. The molecule has 0 aliphatic carbocycles. The van der Waals surface area contributed by atoms with Gasteiger partial charge >= 0.3 is 6.18 Å². The molecule has 3 aromatic rings. The number of nitrogens with one attached hydrogen (secondary N) is 1. The average Bonchev–Trinajstić information content (AvgIpc) is 3.20. The molecule has 1 aromatic carbocycles. The summed E-state index contributed by atoms with van der Waals surface area (Å²) in [6, 6.07) is 5.82. The Morgan fingerprint density at radius 2 is 2.00 bits per heavy atom. The molecule has 0 aliphatic heterocycles. The minimum Gasteiger partial charge on any atom is -0.471 e. The summed E-state index contributed by atoms with van der Waals surface area (Å²) < 4.78 is 46.8. The van der Waals surface area contributed by atoms with Crippen LogP contribution in [-0.4, -0.2) is 25.5 Å².